The Kier molecular flexibility index (Phi) is 11.0. The molecule has 4 N–H and O–H groups in total. The van der Waals surface area contributed by atoms with Crippen molar-refractivity contribution in [3.63, 3.8) is 0 Å². The molecule has 0 unspecified atom stereocenters. The number of carbonyl (C=O) groups excluding carboxylic acids is 3. The lowest BCUT2D eigenvalue weighted by molar-refractivity contribution is -0.262. The van der Waals surface area contributed by atoms with E-state index in [2.05, 4.69) is 10.6 Å². The fraction of sp³-hybridized carbons (Fsp3) is 0.323. The monoisotopic (exact) mass is 578 g/mol. The SMILES string of the molecule is COC(=O)[C@@H](Cc1ccccc1)NC(=O)[C@H]1O[C@H](OCc2ccccc2)[C@H](NC(=O)OCc2ccccc2)[C@@H](O)[C@H]1O. The highest BCUT2D eigenvalue weighted by atomic mass is 16.7. The molecule has 0 spiro atoms. The van der Waals surface area contributed by atoms with Gasteiger partial charge in [-0.15, -0.1) is 0 Å². The smallest absolute Gasteiger partial charge is 0.407 e. The summed E-state index contributed by atoms with van der Waals surface area (Å²) >= 11 is 0. The summed E-state index contributed by atoms with van der Waals surface area (Å²) in [4.78, 5) is 38.4. The molecule has 11 heteroatoms. The fourth-order valence-electron chi connectivity index (χ4n) is 4.47. The Morgan fingerprint density at radius 3 is 1.93 bits per heavy atom. The quantitative estimate of drug-likeness (QED) is 0.250. The first-order valence-corrected chi connectivity index (χ1v) is 13.4. The third-order valence-corrected chi connectivity index (χ3v) is 6.70. The van der Waals surface area contributed by atoms with Crippen molar-refractivity contribution in [2.24, 2.45) is 0 Å². The summed E-state index contributed by atoms with van der Waals surface area (Å²) in [5.41, 5.74) is 2.28. The number of esters is 1. The molecule has 1 fully saturated rings. The zero-order chi connectivity index (χ0) is 29.9. The minimum Gasteiger partial charge on any atom is -0.467 e. The van der Waals surface area contributed by atoms with Crippen LogP contribution in [0.1, 0.15) is 16.7 Å². The maximum absolute atomic E-state index is 13.3. The summed E-state index contributed by atoms with van der Waals surface area (Å²) in [6.45, 7) is -0.0193. The van der Waals surface area contributed by atoms with Gasteiger partial charge in [0.25, 0.3) is 5.91 Å². The predicted molar refractivity (Wildman–Crippen MR) is 150 cm³/mol. The Bertz CT molecular complexity index is 1290. The largest absolute Gasteiger partial charge is 0.467 e. The van der Waals surface area contributed by atoms with Crippen LogP contribution in [0.3, 0.4) is 0 Å². The minimum atomic E-state index is -1.78. The van der Waals surface area contributed by atoms with Crippen molar-refractivity contribution < 1.29 is 43.5 Å². The summed E-state index contributed by atoms with van der Waals surface area (Å²) in [6.07, 6.45) is -7.24. The number of amides is 2. The van der Waals surface area contributed by atoms with Gasteiger partial charge in [0.05, 0.1) is 13.7 Å². The first kappa shape index (κ1) is 30.7. The molecule has 0 radical (unpaired) electrons. The van der Waals surface area contributed by atoms with E-state index in [1.54, 1.807) is 60.7 Å². The standard InChI is InChI=1S/C31H34N2O9/c1-39-29(37)23(17-20-11-5-2-6-12-20)32-28(36)27-26(35)25(34)24(30(42-27)40-18-21-13-7-3-8-14-21)33-31(38)41-19-22-15-9-4-10-16-22/h2-16,23-27,30,34-35H,17-19H2,1H3,(H,32,36)(H,33,38)/t23-,24-,25-,26-,27+,30+/m1/s1. The Balaban J connectivity index is 1.47. The summed E-state index contributed by atoms with van der Waals surface area (Å²) in [6, 6.07) is 24.7. The van der Waals surface area contributed by atoms with Crippen LogP contribution in [-0.2, 0) is 48.2 Å². The van der Waals surface area contributed by atoms with E-state index in [1.165, 1.54) is 7.11 Å². The van der Waals surface area contributed by atoms with E-state index in [1.807, 2.05) is 30.3 Å². The molecule has 3 aromatic carbocycles. The van der Waals surface area contributed by atoms with Gasteiger partial charge in [-0.2, -0.15) is 0 Å². The lowest BCUT2D eigenvalue weighted by Gasteiger charge is -2.42. The number of benzene rings is 3. The van der Waals surface area contributed by atoms with Crippen molar-refractivity contribution in [3.8, 4) is 0 Å². The predicted octanol–water partition coefficient (Wildman–Crippen LogP) is 1.85. The average molecular weight is 579 g/mol. The maximum atomic E-state index is 13.3. The van der Waals surface area contributed by atoms with Crippen LogP contribution >= 0.6 is 0 Å². The Morgan fingerprint density at radius 2 is 1.36 bits per heavy atom. The van der Waals surface area contributed by atoms with Crippen LogP contribution in [0.4, 0.5) is 4.79 Å². The van der Waals surface area contributed by atoms with Crippen LogP contribution in [0.2, 0.25) is 0 Å². The zero-order valence-electron chi connectivity index (χ0n) is 23.0. The number of alkyl carbamates (subject to hydrolysis) is 1. The van der Waals surface area contributed by atoms with E-state index in [9.17, 15) is 24.6 Å². The number of ether oxygens (including phenoxy) is 4. The highest BCUT2D eigenvalue weighted by molar-refractivity contribution is 5.87. The number of rotatable bonds is 11. The second-order valence-electron chi connectivity index (χ2n) is 9.71. The van der Waals surface area contributed by atoms with Gasteiger partial charge in [0, 0.05) is 6.42 Å². The van der Waals surface area contributed by atoms with Crippen LogP contribution in [0.5, 0.6) is 0 Å². The van der Waals surface area contributed by atoms with Crippen molar-refractivity contribution in [3.05, 3.63) is 108 Å². The lowest BCUT2D eigenvalue weighted by Crippen LogP contribution is -2.67. The molecule has 2 amide bonds. The number of nitrogens with one attached hydrogen (secondary N) is 2. The van der Waals surface area contributed by atoms with E-state index in [0.717, 1.165) is 16.7 Å². The fourth-order valence-corrected chi connectivity index (χ4v) is 4.47. The summed E-state index contributed by atoms with van der Waals surface area (Å²) in [5.74, 6) is -1.57. The van der Waals surface area contributed by atoms with Gasteiger partial charge in [-0.3, -0.25) is 4.79 Å². The number of carbonyl (C=O) groups is 3. The van der Waals surface area contributed by atoms with Crippen LogP contribution in [0.15, 0.2) is 91.0 Å². The van der Waals surface area contributed by atoms with Crippen molar-refractivity contribution in [1.82, 2.24) is 10.6 Å². The zero-order valence-corrected chi connectivity index (χ0v) is 23.0. The molecule has 1 heterocycles. The van der Waals surface area contributed by atoms with Crippen LogP contribution < -0.4 is 10.6 Å². The van der Waals surface area contributed by atoms with Crippen molar-refractivity contribution >= 4 is 18.0 Å². The summed E-state index contributed by atoms with van der Waals surface area (Å²) in [7, 11) is 1.20. The highest BCUT2D eigenvalue weighted by Gasteiger charge is 2.49. The molecule has 0 bridgehead atoms. The Labute approximate surface area is 243 Å². The molecule has 1 aliphatic heterocycles. The molecule has 0 aliphatic carbocycles. The number of hydrogen-bond donors (Lipinski definition) is 4. The van der Waals surface area contributed by atoms with Gasteiger partial charge in [-0.05, 0) is 16.7 Å². The summed E-state index contributed by atoms with van der Waals surface area (Å²) in [5, 5.41) is 27.0. The number of aliphatic hydroxyl groups excluding tert-OH is 2. The minimum absolute atomic E-state index is 0.0126. The molecule has 1 aliphatic rings. The molecule has 0 aromatic heterocycles. The van der Waals surface area contributed by atoms with Gasteiger partial charge in [-0.25, -0.2) is 9.59 Å². The molecule has 11 nitrogen and oxygen atoms in total. The van der Waals surface area contributed by atoms with Gasteiger partial charge in [0.1, 0.15) is 30.9 Å². The van der Waals surface area contributed by atoms with E-state index in [-0.39, 0.29) is 19.6 Å². The highest BCUT2D eigenvalue weighted by Crippen LogP contribution is 2.24. The molecular formula is C31H34N2O9. The summed E-state index contributed by atoms with van der Waals surface area (Å²) < 4.78 is 21.8. The first-order chi connectivity index (χ1) is 20.4. The number of aliphatic hydroxyl groups is 2. The Morgan fingerprint density at radius 1 is 0.810 bits per heavy atom. The van der Waals surface area contributed by atoms with Gasteiger partial charge in [0.15, 0.2) is 12.4 Å². The second kappa shape index (κ2) is 15.1. The normalized spacial score (nSPS) is 22.4. The van der Waals surface area contributed by atoms with Gasteiger partial charge in [0.2, 0.25) is 0 Å². The molecular weight excluding hydrogens is 544 g/mol. The Hall–Kier alpha value is -4.29. The van der Waals surface area contributed by atoms with E-state index < -0.39 is 54.7 Å². The molecule has 6 atom stereocenters. The van der Waals surface area contributed by atoms with Gasteiger partial charge >= 0.3 is 12.1 Å². The maximum Gasteiger partial charge on any atom is 0.407 e. The van der Waals surface area contributed by atoms with Crippen molar-refractivity contribution in [1.29, 1.82) is 0 Å². The third kappa shape index (κ3) is 8.37. The molecule has 42 heavy (non-hydrogen) atoms. The molecule has 3 aromatic rings. The molecule has 222 valence electrons. The molecule has 4 rings (SSSR count). The number of hydrogen-bond acceptors (Lipinski definition) is 9. The van der Waals surface area contributed by atoms with Gasteiger partial charge in [-0.1, -0.05) is 91.0 Å². The van der Waals surface area contributed by atoms with E-state index in [4.69, 9.17) is 18.9 Å². The first-order valence-electron chi connectivity index (χ1n) is 13.4. The molecule has 0 saturated carbocycles. The van der Waals surface area contributed by atoms with Crippen molar-refractivity contribution in [2.75, 3.05) is 7.11 Å². The van der Waals surface area contributed by atoms with Crippen LogP contribution in [0.25, 0.3) is 0 Å². The average Bonchev–Trinajstić information content (AvgIpc) is 3.02. The van der Waals surface area contributed by atoms with Crippen LogP contribution in [-0.4, -0.2) is 72.0 Å². The van der Waals surface area contributed by atoms with Crippen molar-refractivity contribution in [2.45, 2.75) is 56.3 Å². The second-order valence-corrected chi connectivity index (χ2v) is 9.71. The van der Waals surface area contributed by atoms with Crippen LogP contribution in [0, 0.1) is 0 Å². The molecule has 1 saturated heterocycles. The lowest BCUT2D eigenvalue weighted by atomic mass is 9.95. The number of methoxy groups -OCH3 is 1. The van der Waals surface area contributed by atoms with E-state index >= 15 is 0 Å². The topological polar surface area (TPSA) is 153 Å². The third-order valence-electron chi connectivity index (χ3n) is 6.70. The van der Waals surface area contributed by atoms with E-state index in [0.29, 0.717) is 0 Å². The van der Waals surface area contributed by atoms with Gasteiger partial charge < -0.3 is 39.8 Å².